The largest absolute Gasteiger partial charge is 0.311 e. The first-order chi connectivity index (χ1) is 63.9. The van der Waals surface area contributed by atoms with E-state index in [1.54, 1.807) is 0 Å². The van der Waals surface area contributed by atoms with Gasteiger partial charge in [-0.2, -0.15) is 5.26 Å². The second-order valence-corrected chi connectivity index (χ2v) is 32.4. The van der Waals surface area contributed by atoms with Crippen molar-refractivity contribution in [2.45, 2.75) is 0 Å². The van der Waals surface area contributed by atoms with Gasteiger partial charge < -0.3 is 18.9 Å². The number of nitrogens with zero attached hydrogens (tertiary/aromatic N) is 7. The molecule has 130 heavy (non-hydrogen) atoms. The molecule has 0 bridgehead atoms. The molecule has 0 spiro atoms. The average molecular weight is 1870 g/mol. The van der Waals surface area contributed by atoms with Crippen LogP contribution in [0.1, 0.15) is 0 Å². The first-order valence-corrected chi connectivity index (χ1v) is 44.4. The van der Waals surface area contributed by atoms with Crippen LogP contribution >= 0.6 is 8.46 Å². The summed E-state index contributed by atoms with van der Waals surface area (Å²) in [5.74, 6) is 1.86. The third kappa shape index (κ3) is 17.5. The van der Waals surface area contributed by atoms with Crippen LogP contribution in [-0.2, 0) is 0 Å². The first kappa shape index (κ1) is 83.9. The predicted molar refractivity (Wildman–Crippen MR) is 558 cm³/mol. The fourth-order valence-electron chi connectivity index (χ4n) is 17.8. The Morgan fingerprint density at radius 1 is 0.238 bits per heavy atom. The van der Waals surface area contributed by atoms with Crippen LogP contribution in [0.3, 0.4) is 0 Å². The van der Waals surface area contributed by atoms with Crippen LogP contribution in [0.25, 0.3) is 165 Å². The number of anilines is 6. The Balaban J connectivity index is 0.000000129. The van der Waals surface area contributed by atoms with Crippen LogP contribution in [0.4, 0.5) is 34.1 Å². The van der Waals surface area contributed by atoms with E-state index >= 15 is 0 Å². The SMILES string of the molecule is [B][B]PC#N.[BiH2].c1ccc(-c2ccc(N(c3ccc(-c4ccc5c(c4)c4ccccc4n5-c4ccccc4)cc3)c3ccc(-c4cccc5ccccc45)cc3)cc2)cc1.c1ccc(-c2ccc(N(c3ccccc3)c3ccc(-c4ccc5c(c4)c4ccccc4n5-c4ccccc4)cc3)cc2)cc1.c1ccc(-c2ccnc3c2ccc2c(-c4ccccc4)ccnc23)cc1. The Morgan fingerprint density at radius 3 is 0.892 bits per heavy atom. The molecule has 0 N–H and O–H groups in total. The number of aromatic nitrogens is 4. The van der Waals surface area contributed by atoms with Crippen LogP contribution in [0.5, 0.6) is 0 Å². The Labute approximate surface area is 780 Å². The van der Waals surface area contributed by atoms with E-state index in [-0.39, 0.29) is 34.7 Å². The van der Waals surface area contributed by atoms with Gasteiger partial charge in [0.15, 0.2) is 0 Å². The molecule has 0 aliphatic carbocycles. The topological polar surface area (TPSA) is 65.9 Å². The van der Waals surface area contributed by atoms with Crippen LogP contribution in [-0.4, -0.2) is 59.9 Å². The van der Waals surface area contributed by atoms with Crippen molar-refractivity contribution < 1.29 is 0 Å². The summed E-state index contributed by atoms with van der Waals surface area (Å²) in [5, 5.41) is 17.5. The van der Waals surface area contributed by atoms with Gasteiger partial charge in [-0.05, 0) is 234 Å². The summed E-state index contributed by atoms with van der Waals surface area (Å²) < 4.78 is 4.72. The Morgan fingerprint density at radius 2 is 0.515 bits per heavy atom. The molecule has 19 aromatic carbocycles. The molecular formula is C119H85B2BiN7P. The standard InChI is InChI=1S/C52H36N2.C42H30N2.C24H16N2.CHB2NP.Bi.2H/c1-3-12-37(13-4-1)38-22-29-44(30-23-38)53(46-33-26-41(27-34-46)48-20-11-15-40-14-7-8-18-47(40)48)45-31-24-39(25-32-45)42-28-35-52-50(36-42)49-19-9-10-21-51(49)54(52)43-16-5-2-6-17-43;1-4-12-31(13-5-1)32-20-25-37(26-21-32)43(35-14-6-2-7-15-35)38-27-22-33(23-28-38)34-24-29-42-40(30-34)39-18-10-11-19-41(39)44(42)36-16-8-3-9-17-36;1-3-7-17(8-4-1)19-13-15-25-23-21(19)11-12-22-20(14-16-26-24(22)23)18-9-5-2-6-10-18;2-3-5-1-4;;;/h1-36H;1-30H;1-16H;5H;;;. The normalized spacial score (nSPS) is 11.0. The van der Waals surface area contributed by atoms with E-state index in [0.29, 0.717) is 0 Å². The van der Waals surface area contributed by atoms with Crippen molar-refractivity contribution in [3.05, 3.63) is 498 Å². The van der Waals surface area contributed by atoms with Crippen LogP contribution < -0.4 is 9.80 Å². The van der Waals surface area contributed by atoms with Crippen molar-refractivity contribution in [3.63, 3.8) is 0 Å². The number of nitriles is 1. The van der Waals surface area contributed by atoms with Gasteiger partial charge in [-0.15, -0.1) is 0 Å². The van der Waals surface area contributed by atoms with Crippen molar-refractivity contribution in [2.24, 2.45) is 0 Å². The molecule has 0 aliphatic rings. The maximum atomic E-state index is 7.72. The molecule has 612 valence electrons. The Bertz CT molecular complexity index is 7790. The minimum atomic E-state index is 0. The van der Waals surface area contributed by atoms with Gasteiger partial charge in [-0.3, -0.25) is 9.97 Å². The van der Waals surface area contributed by atoms with Crippen molar-refractivity contribution in [2.75, 3.05) is 9.80 Å². The maximum absolute atomic E-state index is 7.72. The molecule has 0 aliphatic heterocycles. The molecule has 1 unspecified atom stereocenters. The third-order valence-electron chi connectivity index (χ3n) is 23.9. The van der Waals surface area contributed by atoms with E-state index in [9.17, 15) is 0 Å². The predicted octanol–water partition coefficient (Wildman–Crippen LogP) is 31.0. The van der Waals surface area contributed by atoms with E-state index in [0.717, 1.165) is 55.9 Å². The number of hydrogen-bond donors (Lipinski definition) is 0. The first-order valence-electron chi connectivity index (χ1n) is 43.3. The van der Waals surface area contributed by atoms with E-state index in [1.165, 1.54) is 151 Å². The zero-order chi connectivity index (χ0) is 86.6. The summed E-state index contributed by atoms with van der Waals surface area (Å²) in [6.07, 6.45) is 3.75. The minimum Gasteiger partial charge on any atom is -0.311 e. The molecule has 1 atom stereocenters. The molecule has 11 heteroatoms. The molecule has 23 aromatic rings. The van der Waals surface area contributed by atoms with Crippen molar-refractivity contribution in [1.82, 2.24) is 19.1 Å². The van der Waals surface area contributed by atoms with Gasteiger partial charge >= 0.3 is 26.2 Å². The smallest absolute Gasteiger partial charge is 0.0970 e. The summed E-state index contributed by atoms with van der Waals surface area (Å²) in [4.78, 5) is 14.0. The summed E-state index contributed by atoms with van der Waals surface area (Å²) in [6.45, 7) is 1.35. The molecule has 0 amide bonds. The maximum Gasteiger partial charge on any atom is 0.0970 e. The van der Waals surface area contributed by atoms with Gasteiger partial charge in [-0.1, -0.05) is 348 Å². The van der Waals surface area contributed by atoms with Crippen LogP contribution in [0.2, 0.25) is 0 Å². The second kappa shape index (κ2) is 39.1. The van der Waals surface area contributed by atoms with Crippen LogP contribution in [0, 0.1) is 11.1 Å². The molecule has 23 rings (SSSR count). The summed E-state index contributed by atoms with van der Waals surface area (Å²) >= 11 is 0. The van der Waals surface area contributed by atoms with Gasteiger partial charge in [0.1, 0.15) is 6.89 Å². The van der Waals surface area contributed by atoms with Gasteiger partial charge in [0.25, 0.3) is 0 Å². The zero-order valence-electron chi connectivity index (χ0n) is 71.2. The van der Waals surface area contributed by atoms with Gasteiger partial charge in [0, 0.05) is 97.9 Å². The van der Waals surface area contributed by atoms with Gasteiger partial charge in [0.05, 0.1) is 38.9 Å². The van der Waals surface area contributed by atoms with Crippen molar-refractivity contribution >= 4 is 160 Å². The number of rotatable bonds is 16. The Hall–Kier alpha value is -15.6. The molecule has 4 radical (unpaired) electrons. The monoisotopic (exact) mass is 1870 g/mol. The minimum absolute atomic E-state index is 0. The molecule has 7 nitrogen and oxygen atoms in total. The fourth-order valence-corrected chi connectivity index (χ4v) is 17.9. The summed E-state index contributed by atoms with van der Waals surface area (Å²) in [6, 6.07) is 173. The average Bonchev–Trinajstić information content (AvgIpc) is 1.59. The number of pyridine rings is 2. The third-order valence-corrected chi connectivity index (χ3v) is 24.2. The zero-order valence-corrected chi connectivity index (χ0v) is 76.7. The molecule has 4 aromatic heterocycles. The molecular weight excluding hydrogens is 1790 g/mol. The molecule has 4 heterocycles. The van der Waals surface area contributed by atoms with E-state index in [4.69, 9.17) is 13.0 Å². The summed E-state index contributed by atoms with van der Waals surface area (Å²) in [7, 11) is 4.96. The quantitative estimate of drug-likeness (QED) is 0.0548. The number of fused-ring (bicyclic) bond motifs is 10. The number of para-hydroxylation sites is 5. The van der Waals surface area contributed by atoms with E-state index in [2.05, 4.69) is 502 Å². The second-order valence-electron chi connectivity index (χ2n) is 31.6. The Kier molecular flexibility index (Phi) is 25.2. The molecule has 0 fully saturated rings. The van der Waals surface area contributed by atoms with E-state index < -0.39 is 0 Å². The summed E-state index contributed by atoms with van der Waals surface area (Å²) in [5.41, 5.74) is 32.6. The van der Waals surface area contributed by atoms with Crippen molar-refractivity contribution in [1.29, 1.82) is 5.26 Å². The van der Waals surface area contributed by atoms with Crippen LogP contribution in [0.15, 0.2) is 498 Å². The number of benzene rings is 19. The molecule has 0 saturated carbocycles. The molecule has 0 saturated heterocycles. The van der Waals surface area contributed by atoms with Gasteiger partial charge in [-0.25, -0.2) is 0 Å². The van der Waals surface area contributed by atoms with E-state index in [1.807, 2.05) is 30.3 Å². The number of hydrogen-bond acceptors (Lipinski definition) is 5. The fraction of sp³-hybridized carbons (Fsp3) is 0. The van der Waals surface area contributed by atoms with Crippen molar-refractivity contribution in [3.8, 4) is 95.1 Å². The van der Waals surface area contributed by atoms with Gasteiger partial charge in [0.2, 0.25) is 0 Å².